The Labute approximate surface area is 134 Å². The SMILES string of the molecule is O=C(Nc1ccc(C(F)(F)F)cc1)N1CCSC1c1ccco1. The molecular formula is C15H13F3N2O2S. The molecule has 1 aromatic carbocycles. The second-order valence-electron chi connectivity index (χ2n) is 4.94. The molecule has 1 aromatic heterocycles. The number of thioether (sulfide) groups is 1. The van der Waals surface area contributed by atoms with Crippen molar-refractivity contribution in [1.29, 1.82) is 0 Å². The van der Waals surface area contributed by atoms with Crippen LogP contribution in [0, 0.1) is 0 Å². The zero-order valence-electron chi connectivity index (χ0n) is 11.8. The first-order chi connectivity index (χ1) is 10.9. The third-order valence-corrected chi connectivity index (χ3v) is 4.62. The fourth-order valence-electron chi connectivity index (χ4n) is 2.28. The Morgan fingerprint density at radius 2 is 2.00 bits per heavy atom. The summed E-state index contributed by atoms with van der Waals surface area (Å²) in [6.07, 6.45) is -2.85. The highest BCUT2D eigenvalue weighted by molar-refractivity contribution is 7.99. The van der Waals surface area contributed by atoms with E-state index in [1.807, 2.05) is 0 Å². The van der Waals surface area contributed by atoms with Gasteiger partial charge in [-0.25, -0.2) is 4.79 Å². The Morgan fingerprint density at radius 3 is 2.61 bits per heavy atom. The maximum Gasteiger partial charge on any atom is 0.416 e. The van der Waals surface area contributed by atoms with Gasteiger partial charge in [0.05, 0.1) is 11.8 Å². The second-order valence-corrected chi connectivity index (χ2v) is 6.13. The number of carbonyl (C=O) groups excluding carboxylic acids is 1. The number of anilines is 1. The van der Waals surface area contributed by atoms with Gasteiger partial charge >= 0.3 is 12.2 Å². The molecule has 1 unspecified atom stereocenters. The summed E-state index contributed by atoms with van der Waals surface area (Å²) in [7, 11) is 0. The van der Waals surface area contributed by atoms with Crippen LogP contribution in [0.1, 0.15) is 16.7 Å². The molecule has 0 saturated carbocycles. The van der Waals surface area contributed by atoms with Crippen molar-refractivity contribution in [2.45, 2.75) is 11.6 Å². The molecule has 122 valence electrons. The minimum atomic E-state index is -4.39. The number of nitrogens with one attached hydrogen (secondary N) is 1. The van der Waals surface area contributed by atoms with Crippen LogP contribution in [-0.4, -0.2) is 23.2 Å². The minimum absolute atomic E-state index is 0.223. The molecule has 1 N–H and O–H groups in total. The Balaban J connectivity index is 1.69. The predicted molar refractivity (Wildman–Crippen MR) is 81.1 cm³/mol. The number of hydrogen-bond acceptors (Lipinski definition) is 3. The van der Waals surface area contributed by atoms with Crippen LogP contribution in [0.4, 0.5) is 23.7 Å². The third-order valence-electron chi connectivity index (χ3n) is 3.40. The molecule has 0 radical (unpaired) electrons. The molecule has 0 aliphatic carbocycles. The molecule has 1 saturated heterocycles. The van der Waals surface area contributed by atoms with Gasteiger partial charge < -0.3 is 14.6 Å². The zero-order valence-corrected chi connectivity index (χ0v) is 12.7. The second kappa shape index (κ2) is 6.19. The van der Waals surface area contributed by atoms with Crippen molar-refractivity contribution in [2.24, 2.45) is 0 Å². The van der Waals surface area contributed by atoms with Gasteiger partial charge in [-0.2, -0.15) is 13.2 Å². The highest BCUT2D eigenvalue weighted by Crippen LogP contribution is 2.38. The van der Waals surface area contributed by atoms with Crippen LogP contribution in [0.5, 0.6) is 0 Å². The summed E-state index contributed by atoms with van der Waals surface area (Å²) in [5, 5.41) is 2.40. The van der Waals surface area contributed by atoms with Crippen LogP contribution in [-0.2, 0) is 6.18 Å². The Kier molecular flexibility index (Phi) is 4.25. The maximum absolute atomic E-state index is 12.5. The molecule has 2 heterocycles. The van der Waals surface area contributed by atoms with Crippen molar-refractivity contribution >= 4 is 23.5 Å². The molecule has 1 fully saturated rings. The molecule has 4 nitrogen and oxygen atoms in total. The first-order valence-corrected chi connectivity index (χ1v) is 7.90. The highest BCUT2D eigenvalue weighted by atomic mass is 32.2. The lowest BCUT2D eigenvalue weighted by atomic mass is 10.2. The molecule has 8 heteroatoms. The number of alkyl halides is 3. The van der Waals surface area contributed by atoms with E-state index in [1.165, 1.54) is 12.1 Å². The first-order valence-electron chi connectivity index (χ1n) is 6.85. The van der Waals surface area contributed by atoms with Crippen LogP contribution in [0.15, 0.2) is 47.1 Å². The Hall–Kier alpha value is -2.09. The van der Waals surface area contributed by atoms with Crippen molar-refractivity contribution in [3.8, 4) is 0 Å². The van der Waals surface area contributed by atoms with Crippen LogP contribution in [0.25, 0.3) is 0 Å². The molecule has 1 aliphatic heterocycles. The lowest BCUT2D eigenvalue weighted by molar-refractivity contribution is -0.137. The normalized spacial score (nSPS) is 18.2. The summed E-state index contributed by atoms with van der Waals surface area (Å²) >= 11 is 1.58. The minimum Gasteiger partial charge on any atom is -0.466 e. The van der Waals surface area contributed by atoms with Gasteiger partial charge in [0, 0.05) is 18.0 Å². The van der Waals surface area contributed by atoms with Crippen molar-refractivity contribution in [3.05, 3.63) is 54.0 Å². The van der Waals surface area contributed by atoms with Crippen LogP contribution < -0.4 is 5.32 Å². The molecule has 1 atom stereocenters. The van der Waals surface area contributed by atoms with Crippen LogP contribution in [0.2, 0.25) is 0 Å². The van der Waals surface area contributed by atoms with Gasteiger partial charge in [0.25, 0.3) is 0 Å². The number of carbonyl (C=O) groups is 1. The molecular weight excluding hydrogens is 329 g/mol. The lowest BCUT2D eigenvalue weighted by Crippen LogP contribution is -2.34. The van der Waals surface area contributed by atoms with E-state index in [0.29, 0.717) is 18.0 Å². The van der Waals surface area contributed by atoms with Crippen molar-refractivity contribution < 1.29 is 22.4 Å². The van der Waals surface area contributed by atoms with Crippen molar-refractivity contribution in [1.82, 2.24) is 4.90 Å². The average molecular weight is 342 g/mol. The van der Waals surface area contributed by atoms with Gasteiger partial charge in [0.1, 0.15) is 11.1 Å². The largest absolute Gasteiger partial charge is 0.466 e. The standard InChI is InChI=1S/C15H13F3N2O2S/c16-15(17,18)10-3-5-11(6-4-10)19-14(21)20-7-9-23-13(20)12-2-1-8-22-12/h1-6,8,13H,7,9H2,(H,19,21). The fourth-order valence-corrected chi connectivity index (χ4v) is 3.49. The first kappa shape index (κ1) is 15.8. The summed E-state index contributed by atoms with van der Waals surface area (Å²) in [5.74, 6) is 1.45. The van der Waals surface area contributed by atoms with E-state index in [0.717, 1.165) is 17.9 Å². The van der Waals surface area contributed by atoms with Gasteiger partial charge in [-0.15, -0.1) is 11.8 Å². The van der Waals surface area contributed by atoms with Gasteiger partial charge in [0.15, 0.2) is 0 Å². The number of hydrogen-bond donors (Lipinski definition) is 1. The summed E-state index contributed by atoms with van der Waals surface area (Å²) in [6, 6.07) is 7.55. The van der Waals surface area contributed by atoms with Crippen molar-refractivity contribution in [2.75, 3.05) is 17.6 Å². The number of benzene rings is 1. The van der Waals surface area contributed by atoms with E-state index in [2.05, 4.69) is 5.32 Å². The molecule has 3 rings (SSSR count). The van der Waals surface area contributed by atoms with E-state index in [9.17, 15) is 18.0 Å². The van der Waals surface area contributed by atoms with Gasteiger partial charge in [-0.1, -0.05) is 0 Å². The number of urea groups is 1. The lowest BCUT2D eigenvalue weighted by Gasteiger charge is -2.22. The number of nitrogens with zero attached hydrogens (tertiary/aromatic N) is 1. The summed E-state index contributed by atoms with van der Waals surface area (Å²) in [5.41, 5.74) is -0.432. The quantitative estimate of drug-likeness (QED) is 0.869. The number of halogens is 3. The smallest absolute Gasteiger partial charge is 0.416 e. The number of rotatable bonds is 2. The molecule has 2 amide bonds. The van der Waals surface area contributed by atoms with E-state index in [-0.39, 0.29) is 11.4 Å². The van der Waals surface area contributed by atoms with Crippen molar-refractivity contribution in [3.63, 3.8) is 0 Å². The molecule has 0 spiro atoms. The summed E-state index contributed by atoms with van der Waals surface area (Å²) in [6.45, 7) is 0.544. The topological polar surface area (TPSA) is 45.5 Å². The van der Waals surface area contributed by atoms with E-state index >= 15 is 0 Å². The molecule has 1 aliphatic rings. The van der Waals surface area contributed by atoms with E-state index in [1.54, 1.807) is 35.1 Å². The number of furan rings is 1. The fraction of sp³-hybridized carbons (Fsp3) is 0.267. The summed E-state index contributed by atoms with van der Waals surface area (Å²) < 4.78 is 42.9. The van der Waals surface area contributed by atoms with Gasteiger partial charge in [-0.3, -0.25) is 0 Å². The Morgan fingerprint density at radius 1 is 1.26 bits per heavy atom. The van der Waals surface area contributed by atoms with Crippen LogP contribution >= 0.6 is 11.8 Å². The van der Waals surface area contributed by atoms with Gasteiger partial charge in [-0.05, 0) is 36.4 Å². The number of amides is 2. The monoisotopic (exact) mass is 342 g/mol. The maximum atomic E-state index is 12.5. The van der Waals surface area contributed by atoms with E-state index < -0.39 is 11.7 Å². The highest BCUT2D eigenvalue weighted by Gasteiger charge is 2.33. The molecule has 0 bridgehead atoms. The molecule has 2 aromatic rings. The predicted octanol–water partition coefficient (Wildman–Crippen LogP) is 4.58. The molecule has 23 heavy (non-hydrogen) atoms. The third kappa shape index (κ3) is 3.47. The van der Waals surface area contributed by atoms with Crippen LogP contribution in [0.3, 0.4) is 0 Å². The van der Waals surface area contributed by atoms with Gasteiger partial charge in [0.2, 0.25) is 0 Å². The zero-order chi connectivity index (χ0) is 16.4. The average Bonchev–Trinajstić information content (AvgIpc) is 3.17. The van der Waals surface area contributed by atoms with E-state index in [4.69, 9.17) is 4.42 Å². The Bertz CT molecular complexity index is 671. The summed E-state index contributed by atoms with van der Waals surface area (Å²) in [4.78, 5) is 13.9.